The molecule has 0 bridgehead atoms. The summed E-state index contributed by atoms with van der Waals surface area (Å²) in [5, 5.41) is 4.20. The van der Waals surface area contributed by atoms with Gasteiger partial charge in [-0.1, -0.05) is 12.1 Å². The fourth-order valence-corrected chi connectivity index (χ4v) is 4.76. The van der Waals surface area contributed by atoms with Gasteiger partial charge in [-0.15, -0.1) is 0 Å². The highest BCUT2D eigenvalue weighted by atomic mass is 32.2. The van der Waals surface area contributed by atoms with Crippen molar-refractivity contribution in [3.63, 3.8) is 0 Å². The monoisotopic (exact) mass is 363 g/mol. The minimum Gasteiger partial charge on any atom is -0.465 e. The van der Waals surface area contributed by atoms with E-state index in [2.05, 4.69) is 5.10 Å². The molecule has 1 aromatic carbocycles. The molecule has 2 aromatic rings. The largest absolute Gasteiger partial charge is 0.465 e. The third-order valence-corrected chi connectivity index (χ3v) is 6.44. The van der Waals surface area contributed by atoms with Gasteiger partial charge < -0.3 is 4.74 Å². The number of hydrogen-bond donors (Lipinski definition) is 0. The Morgan fingerprint density at radius 2 is 1.96 bits per heavy atom. The lowest BCUT2D eigenvalue weighted by molar-refractivity contribution is 0.0596. The van der Waals surface area contributed by atoms with E-state index in [9.17, 15) is 13.2 Å². The SMILES string of the molecule is COC(=O)c1ccccc1S(=O)(=O)N1CCC(Cn2cccn2)CC1. The van der Waals surface area contributed by atoms with E-state index in [0.717, 1.165) is 19.4 Å². The number of rotatable bonds is 5. The molecule has 0 saturated carbocycles. The molecule has 1 aromatic heterocycles. The molecular weight excluding hydrogens is 342 g/mol. The molecule has 1 saturated heterocycles. The number of benzene rings is 1. The number of ether oxygens (including phenoxy) is 1. The molecule has 0 aliphatic carbocycles. The lowest BCUT2D eigenvalue weighted by atomic mass is 9.98. The Bertz CT molecular complexity index is 825. The van der Waals surface area contributed by atoms with Gasteiger partial charge in [-0.2, -0.15) is 9.40 Å². The number of hydrogen-bond acceptors (Lipinski definition) is 5. The first-order chi connectivity index (χ1) is 12.0. The van der Waals surface area contributed by atoms with E-state index in [4.69, 9.17) is 4.74 Å². The van der Waals surface area contributed by atoms with Crippen LogP contribution < -0.4 is 0 Å². The average Bonchev–Trinajstić information content (AvgIpc) is 3.14. The van der Waals surface area contributed by atoms with Crippen molar-refractivity contribution in [3.05, 3.63) is 48.3 Å². The van der Waals surface area contributed by atoms with Gasteiger partial charge in [-0.3, -0.25) is 4.68 Å². The van der Waals surface area contributed by atoms with Gasteiger partial charge in [0.1, 0.15) is 0 Å². The van der Waals surface area contributed by atoms with Crippen LogP contribution in [0.3, 0.4) is 0 Å². The van der Waals surface area contributed by atoms with E-state index >= 15 is 0 Å². The standard InChI is InChI=1S/C17H21N3O4S/c1-24-17(21)15-5-2-3-6-16(15)25(22,23)20-11-7-14(8-12-20)13-19-10-4-9-18-19/h2-6,9-10,14H,7-8,11-13H2,1H3. The maximum atomic E-state index is 13.0. The molecule has 7 nitrogen and oxygen atoms in total. The van der Waals surface area contributed by atoms with Crippen LogP contribution in [0.2, 0.25) is 0 Å². The molecule has 0 radical (unpaired) electrons. The van der Waals surface area contributed by atoms with E-state index in [0.29, 0.717) is 19.0 Å². The summed E-state index contributed by atoms with van der Waals surface area (Å²) in [6, 6.07) is 8.05. The van der Waals surface area contributed by atoms with E-state index in [-0.39, 0.29) is 10.5 Å². The Hall–Kier alpha value is -2.19. The molecule has 1 fully saturated rings. The van der Waals surface area contributed by atoms with Crippen molar-refractivity contribution in [3.8, 4) is 0 Å². The van der Waals surface area contributed by atoms with Gasteiger partial charge in [0, 0.05) is 32.0 Å². The minimum absolute atomic E-state index is 0.00683. The lowest BCUT2D eigenvalue weighted by Crippen LogP contribution is -2.39. The molecule has 0 unspecified atom stereocenters. The normalized spacial score (nSPS) is 16.7. The number of sulfonamides is 1. The molecule has 0 spiro atoms. The Morgan fingerprint density at radius 1 is 1.24 bits per heavy atom. The van der Waals surface area contributed by atoms with E-state index in [1.54, 1.807) is 18.3 Å². The van der Waals surface area contributed by atoms with Crippen LogP contribution in [0.5, 0.6) is 0 Å². The van der Waals surface area contributed by atoms with Gasteiger partial charge in [-0.05, 0) is 37.0 Å². The summed E-state index contributed by atoms with van der Waals surface area (Å²) >= 11 is 0. The maximum Gasteiger partial charge on any atom is 0.339 e. The van der Waals surface area contributed by atoms with Gasteiger partial charge in [0.2, 0.25) is 10.0 Å². The highest BCUT2D eigenvalue weighted by Gasteiger charge is 2.32. The Morgan fingerprint density at radius 3 is 2.60 bits per heavy atom. The van der Waals surface area contributed by atoms with Crippen LogP contribution in [-0.4, -0.2) is 48.7 Å². The summed E-state index contributed by atoms with van der Waals surface area (Å²) in [6.07, 6.45) is 5.18. The van der Waals surface area contributed by atoms with Gasteiger partial charge in [-0.25, -0.2) is 13.2 Å². The molecule has 1 aliphatic rings. The summed E-state index contributed by atoms with van der Waals surface area (Å²) in [5.74, 6) is -0.255. The molecule has 0 amide bonds. The predicted molar refractivity (Wildman–Crippen MR) is 91.5 cm³/mol. The van der Waals surface area contributed by atoms with Crippen LogP contribution in [0.4, 0.5) is 0 Å². The van der Waals surface area contributed by atoms with Crippen LogP contribution in [0.1, 0.15) is 23.2 Å². The van der Waals surface area contributed by atoms with Gasteiger partial charge in [0.25, 0.3) is 0 Å². The summed E-state index contributed by atoms with van der Waals surface area (Å²) < 4.78 is 33.9. The number of carbonyl (C=O) groups is 1. The first kappa shape index (κ1) is 17.6. The lowest BCUT2D eigenvalue weighted by Gasteiger charge is -2.31. The number of piperidine rings is 1. The van der Waals surface area contributed by atoms with Crippen molar-refractivity contribution in [2.45, 2.75) is 24.3 Å². The van der Waals surface area contributed by atoms with Crippen molar-refractivity contribution in [1.82, 2.24) is 14.1 Å². The van der Waals surface area contributed by atoms with E-state index in [1.165, 1.54) is 23.5 Å². The second kappa shape index (κ2) is 7.37. The van der Waals surface area contributed by atoms with Crippen LogP contribution in [-0.2, 0) is 21.3 Å². The molecule has 134 valence electrons. The molecule has 3 rings (SSSR count). The van der Waals surface area contributed by atoms with E-state index in [1.807, 2.05) is 16.9 Å². The highest BCUT2D eigenvalue weighted by molar-refractivity contribution is 7.89. The fourth-order valence-electron chi connectivity index (χ4n) is 3.11. The number of nitrogens with zero attached hydrogens (tertiary/aromatic N) is 3. The zero-order valence-corrected chi connectivity index (χ0v) is 14.9. The first-order valence-corrected chi connectivity index (χ1v) is 9.61. The molecule has 1 aliphatic heterocycles. The Kier molecular flexibility index (Phi) is 5.19. The summed E-state index contributed by atoms with van der Waals surface area (Å²) in [5.41, 5.74) is 0.0728. The van der Waals surface area contributed by atoms with Crippen molar-refractivity contribution in [2.75, 3.05) is 20.2 Å². The number of methoxy groups -OCH3 is 1. The zero-order valence-electron chi connectivity index (χ0n) is 14.0. The van der Waals surface area contributed by atoms with Crippen LogP contribution in [0, 0.1) is 5.92 Å². The van der Waals surface area contributed by atoms with Crippen LogP contribution in [0.15, 0.2) is 47.6 Å². The molecule has 0 N–H and O–H groups in total. The predicted octanol–water partition coefficient (Wildman–Crippen LogP) is 1.77. The molecular formula is C17H21N3O4S. The summed E-state index contributed by atoms with van der Waals surface area (Å²) in [4.78, 5) is 11.9. The third-order valence-electron chi connectivity index (χ3n) is 4.49. The second-order valence-electron chi connectivity index (χ2n) is 6.06. The van der Waals surface area contributed by atoms with Crippen LogP contribution >= 0.6 is 0 Å². The van der Waals surface area contributed by atoms with Crippen molar-refractivity contribution in [2.24, 2.45) is 5.92 Å². The summed E-state index contributed by atoms with van der Waals surface area (Å²) in [7, 11) is -2.48. The molecule has 25 heavy (non-hydrogen) atoms. The van der Waals surface area contributed by atoms with Crippen molar-refractivity contribution < 1.29 is 17.9 Å². The molecule has 2 heterocycles. The third kappa shape index (κ3) is 3.74. The fraction of sp³-hybridized carbons (Fsp3) is 0.412. The summed E-state index contributed by atoms with van der Waals surface area (Å²) in [6.45, 7) is 1.66. The maximum absolute atomic E-state index is 13.0. The number of carbonyl (C=O) groups excluding carboxylic acids is 1. The minimum atomic E-state index is -3.72. The van der Waals surface area contributed by atoms with Gasteiger partial charge in [0.05, 0.1) is 17.6 Å². The zero-order chi connectivity index (χ0) is 17.9. The Labute approximate surface area is 147 Å². The Balaban J connectivity index is 1.73. The number of aromatic nitrogens is 2. The van der Waals surface area contributed by atoms with Gasteiger partial charge in [0.15, 0.2) is 0 Å². The topological polar surface area (TPSA) is 81.5 Å². The van der Waals surface area contributed by atoms with Crippen molar-refractivity contribution in [1.29, 1.82) is 0 Å². The van der Waals surface area contributed by atoms with Crippen LogP contribution in [0.25, 0.3) is 0 Å². The molecule has 8 heteroatoms. The second-order valence-corrected chi connectivity index (χ2v) is 7.97. The van der Waals surface area contributed by atoms with Gasteiger partial charge >= 0.3 is 5.97 Å². The van der Waals surface area contributed by atoms with Crippen molar-refractivity contribution >= 4 is 16.0 Å². The van der Waals surface area contributed by atoms with E-state index < -0.39 is 16.0 Å². The first-order valence-electron chi connectivity index (χ1n) is 8.17. The highest BCUT2D eigenvalue weighted by Crippen LogP contribution is 2.26. The quantitative estimate of drug-likeness (QED) is 0.756. The number of esters is 1. The molecule has 0 atom stereocenters. The smallest absolute Gasteiger partial charge is 0.339 e. The average molecular weight is 363 g/mol.